The van der Waals surface area contributed by atoms with E-state index in [1.165, 1.54) is 0 Å². The van der Waals surface area contributed by atoms with Crippen molar-refractivity contribution in [3.05, 3.63) is 30.1 Å². The van der Waals surface area contributed by atoms with Gasteiger partial charge in [0.05, 0.1) is 22.4 Å². The molecule has 2 N–H and O–H groups in total. The largest absolute Gasteiger partial charge is 0.351 e. The van der Waals surface area contributed by atoms with Gasteiger partial charge in [0.15, 0.2) is 9.84 Å². The second-order valence-corrected chi connectivity index (χ2v) is 11.1. The lowest BCUT2D eigenvalue weighted by atomic mass is 10.1. The van der Waals surface area contributed by atoms with Crippen LogP contribution in [0.3, 0.4) is 0 Å². The SMILES string of the molecule is O=C(CCNS(=O)(=O)c1ccc(F)cc1)NC1CS(=O)(=O)CC1N1CCCC1. The molecule has 11 heteroatoms. The fourth-order valence-corrected chi connectivity index (χ4v) is 6.66. The van der Waals surface area contributed by atoms with E-state index in [0.29, 0.717) is 0 Å². The molecule has 1 aromatic rings. The Kier molecular flexibility index (Phi) is 6.37. The number of hydrogen-bond donors (Lipinski definition) is 2. The molecule has 2 aliphatic rings. The molecule has 2 atom stereocenters. The van der Waals surface area contributed by atoms with Crippen molar-refractivity contribution < 1.29 is 26.0 Å². The number of hydrogen-bond acceptors (Lipinski definition) is 6. The summed E-state index contributed by atoms with van der Waals surface area (Å²) >= 11 is 0. The van der Waals surface area contributed by atoms with E-state index in [-0.39, 0.29) is 35.4 Å². The minimum atomic E-state index is -3.84. The highest BCUT2D eigenvalue weighted by Gasteiger charge is 2.42. The first-order valence-electron chi connectivity index (χ1n) is 9.15. The van der Waals surface area contributed by atoms with Crippen LogP contribution in [-0.2, 0) is 24.7 Å². The number of halogens is 1. The first kappa shape index (κ1) is 21.2. The highest BCUT2D eigenvalue weighted by Crippen LogP contribution is 2.22. The molecule has 0 aliphatic carbocycles. The first-order chi connectivity index (χ1) is 13.2. The van der Waals surface area contributed by atoms with Gasteiger partial charge in [-0.25, -0.2) is 25.9 Å². The number of sulfone groups is 1. The second kappa shape index (κ2) is 8.44. The van der Waals surface area contributed by atoms with Crippen molar-refractivity contribution in [2.24, 2.45) is 0 Å². The van der Waals surface area contributed by atoms with Crippen molar-refractivity contribution in [3.8, 4) is 0 Å². The molecule has 0 saturated carbocycles. The Labute approximate surface area is 164 Å². The Morgan fingerprint density at radius 3 is 2.43 bits per heavy atom. The topological polar surface area (TPSA) is 113 Å². The van der Waals surface area contributed by atoms with E-state index < -0.39 is 37.6 Å². The lowest BCUT2D eigenvalue weighted by molar-refractivity contribution is -0.121. The van der Waals surface area contributed by atoms with Gasteiger partial charge in [-0.2, -0.15) is 0 Å². The molecule has 156 valence electrons. The predicted octanol–water partition coefficient (Wildman–Crippen LogP) is -0.128. The second-order valence-electron chi connectivity index (χ2n) is 7.16. The van der Waals surface area contributed by atoms with Gasteiger partial charge in [-0.3, -0.25) is 9.69 Å². The maximum Gasteiger partial charge on any atom is 0.240 e. The van der Waals surface area contributed by atoms with Gasteiger partial charge in [0.2, 0.25) is 15.9 Å². The van der Waals surface area contributed by atoms with Gasteiger partial charge >= 0.3 is 0 Å². The summed E-state index contributed by atoms with van der Waals surface area (Å²) in [6.45, 7) is 1.51. The third-order valence-corrected chi connectivity index (χ3v) is 8.24. The van der Waals surface area contributed by atoms with Crippen LogP contribution in [0.25, 0.3) is 0 Å². The average Bonchev–Trinajstić information content (AvgIpc) is 3.22. The van der Waals surface area contributed by atoms with Gasteiger partial charge in [-0.05, 0) is 50.2 Å². The Morgan fingerprint density at radius 2 is 1.79 bits per heavy atom. The van der Waals surface area contributed by atoms with Crippen LogP contribution >= 0.6 is 0 Å². The standard InChI is InChI=1S/C17H24FN3O5S2/c18-13-3-5-14(6-4-13)28(25,26)19-8-7-17(22)20-15-11-27(23,24)12-16(15)21-9-1-2-10-21/h3-6,15-16,19H,1-2,7-12H2,(H,20,22). The van der Waals surface area contributed by atoms with E-state index in [0.717, 1.165) is 50.2 Å². The molecule has 8 nitrogen and oxygen atoms in total. The van der Waals surface area contributed by atoms with Crippen LogP contribution in [0.2, 0.25) is 0 Å². The molecular formula is C17H24FN3O5S2. The summed E-state index contributed by atoms with van der Waals surface area (Å²) in [5.74, 6) is -1.01. The molecule has 2 saturated heterocycles. The van der Waals surface area contributed by atoms with Crippen molar-refractivity contribution in [1.82, 2.24) is 14.9 Å². The molecule has 0 bridgehead atoms. The third kappa shape index (κ3) is 5.28. The zero-order valence-corrected chi connectivity index (χ0v) is 16.9. The van der Waals surface area contributed by atoms with Crippen molar-refractivity contribution in [2.75, 3.05) is 31.1 Å². The Morgan fingerprint density at radius 1 is 1.14 bits per heavy atom. The molecule has 2 unspecified atom stereocenters. The number of rotatable bonds is 7. The molecule has 28 heavy (non-hydrogen) atoms. The van der Waals surface area contributed by atoms with Crippen molar-refractivity contribution >= 4 is 25.8 Å². The fourth-order valence-electron chi connectivity index (χ4n) is 3.67. The molecule has 1 aromatic carbocycles. The molecule has 0 radical (unpaired) electrons. The van der Waals surface area contributed by atoms with E-state index in [9.17, 15) is 26.0 Å². The maximum absolute atomic E-state index is 12.9. The number of benzene rings is 1. The molecule has 0 spiro atoms. The Balaban J connectivity index is 1.52. The number of carbonyl (C=O) groups excluding carboxylic acids is 1. The normalized spacial score (nSPS) is 25.0. The van der Waals surface area contributed by atoms with Crippen molar-refractivity contribution in [1.29, 1.82) is 0 Å². The van der Waals surface area contributed by atoms with E-state index in [4.69, 9.17) is 0 Å². The molecule has 2 fully saturated rings. The van der Waals surface area contributed by atoms with Crippen LogP contribution in [0.1, 0.15) is 19.3 Å². The molecule has 2 aliphatic heterocycles. The highest BCUT2D eigenvalue weighted by atomic mass is 32.2. The summed E-state index contributed by atoms with van der Waals surface area (Å²) in [5.41, 5.74) is 0. The number of nitrogens with zero attached hydrogens (tertiary/aromatic N) is 1. The van der Waals surface area contributed by atoms with Crippen LogP contribution in [-0.4, -0.2) is 70.9 Å². The quantitative estimate of drug-likeness (QED) is 0.620. The summed E-state index contributed by atoms with van der Waals surface area (Å²) < 4.78 is 63.5. The predicted molar refractivity (Wildman–Crippen MR) is 101 cm³/mol. The van der Waals surface area contributed by atoms with E-state index in [1.807, 2.05) is 0 Å². The molecule has 0 aromatic heterocycles. The van der Waals surface area contributed by atoms with Gasteiger partial charge in [0.25, 0.3) is 0 Å². The molecule has 1 amide bonds. The minimum absolute atomic E-state index is 0.0368. The summed E-state index contributed by atoms with van der Waals surface area (Å²) in [7, 11) is -7.05. The van der Waals surface area contributed by atoms with Crippen molar-refractivity contribution in [2.45, 2.75) is 36.2 Å². The zero-order valence-electron chi connectivity index (χ0n) is 15.3. The number of likely N-dealkylation sites (tertiary alicyclic amines) is 1. The summed E-state index contributed by atoms with van der Waals surface area (Å²) in [4.78, 5) is 14.2. The van der Waals surface area contributed by atoms with Gasteiger partial charge in [-0.15, -0.1) is 0 Å². The molecule has 2 heterocycles. The first-order valence-corrected chi connectivity index (χ1v) is 12.5. The van der Waals surface area contributed by atoms with Crippen LogP contribution in [0, 0.1) is 5.82 Å². The maximum atomic E-state index is 12.9. The fraction of sp³-hybridized carbons (Fsp3) is 0.588. The third-order valence-electron chi connectivity index (χ3n) is 5.05. The van der Waals surface area contributed by atoms with Crippen LogP contribution < -0.4 is 10.0 Å². The zero-order chi connectivity index (χ0) is 20.4. The van der Waals surface area contributed by atoms with Gasteiger partial charge in [-0.1, -0.05) is 0 Å². The van der Waals surface area contributed by atoms with Crippen LogP contribution in [0.5, 0.6) is 0 Å². The lowest BCUT2D eigenvalue weighted by Crippen LogP contribution is -2.50. The lowest BCUT2D eigenvalue weighted by Gasteiger charge is -2.28. The summed E-state index contributed by atoms with van der Waals surface area (Å²) in [6.07, 6.45) is 1.91. The van der Waals surface area contributed by atoms with E-state index in [1.54, 1.807) is 0 Å². The van der Waals surface area contributed by atoms with Crippen LogP contribution in [0.4, 0.5) is 4.39 Å². The molecule has 3 rings (SSSR count). The number of nitrogens with one attached hydrogen (secondary N) is 2. The summed E-state index contributed by atoms with van der Waals surface area (Å²) in [6, 6.07) is 3.65. The molecular weight excluding hydrogens is 409 g/mol. The Hall–Kier alpha value is -1.56. The van der Waals surface area contributed by atoms with E-state index >= 15 is 0 Å². The minimum Gasteiger partial charge on any atom is -0.351 e. The number of carbonyl (C=O) groups is 1. The number of sulfonamides is 1. The van der Waals surface area contributed by atoms with Gasteiger partial charge in [0, 0.05) is 19.0 Å². The highest BCUT2D eigenvalue weighted by molar-refractivity contribution is 7.91. The average molecular weight is 434 g/mol. The smallest absolute Gasteiger partial charge is 0.240 e. The van der Waals surface area contributed by atoms with Gasteiger partial charge in [0.1, 0.15) is 5.82 Å². The van der Waals surface area contributed by atoms with Crippen molar-refractivity contribution in [3.63, 3.8) is 0 Å². The van der Waals surface area contributed by atoms with Crippen LogP contribution in [0.15, 0.2) is 29.2 Å². The summed E-state index contributed by atoms with van der Waals surface area (Å²) in [5, 5.41) is 2.75. The van der Waals surface area contributed by atoms with Gasteiger partial charge < -0.3 is 5.32 Å². The Bertz CT molecular complexity index is 913. The number of amides is 1. The monoisotopic (exact) mass is 433 g/mol. The van der Waals surface area contributed by atoms with E-state index in [2.05, 4.69) is 14.9 Å².